The second-order valence-electron chi connectivity index (χ2n) is 3.71. The number of ether oxygens (including phenoxy) is 2. The van der Waals surface area contributed by atoms with Crippen LogP contribution in [0.4, 0.5) is 0 Å². The summed E-state index contributed by atoms with van der Waals surface area (Å²) in [4.78, 5) is 27.2. The van der Waals surface area contributed by atoms with Crippen LogP contribution in [0.15, 0.2) is 29.8 Å². The maximum absolute atomic E-state index is 11.6. The first-order valence-corrected chi connectivity index (χ1v) is 5.42. The number of carbonyl (C=O) groups is 2. The first kappa shape index (κ1) is 12.8. The van der Waals surface area contributed by atoms with Crippen LogP contribution in [-0.2, 0) is 9.59 Å². The molecule has 6 nitrogen and oxygen atoms in total. The summed E-state index contributed by atoms with van der Waals surface area (Å²) < 4.78 is 10.4. The predicted octanol–water partition coefficient (Wildman–Crippen LogP) is 1.07. The molecule has 98 valence electrons. The lowest BCUT2D eigenvalue weighted by molar-refractivity contribution is -0.138. The fourth-order valence-corrected chi connectivity index (χ4v) is 1.76. The predicted molar refractivity (Wildman–Crippen MR) is 68.9 cm³/mol. The van der Waals surface area contributed by atoms with Crippen molar-refractivity contribution in [1.82, 2.24) is 4.90 Å². The number of amides is 2. The Labute approximate surface area is 109 Å². The average molecular weight is 260 g/mol. The number of rotatable bonds is 4. The van der Waals surface area contributed by atoms with Crippen LogP contribution in [0.25, 0.3) is 5.70 Å². The van der Waals surface area contributed by atoms with E-state index in [1.165, 1.54) is 14.2 Å². The Kier molecular flexibility index (Phi) is 3.33. The third-order valence-corrected chi connectivity index (χ3v) is 2.70. The highest BCUT2D eigenvalue weighted by Gasteiger charge is 2.29. The van der Waals surface area contributed by atoms with E-state index in [9.17, 15) is 9.59 Å². The van der Waals surface area contributed by atoms with Gasteiger partial charge in [-0.15, -0.1) is 0 Å². The van der Waals surface area contributed by atoms with Gasteiger partial charge in [0, 0.05) is 5.56 Å². The molecule has 1 aromatic rings. The second-order valence-corrected chi connectivity index (χ2v) is 3.71. The highest BCUT2D eigenvalue weighted by Crippen LogP contribution is 2.35. The summed E-state index contributed by atoms with van der Waals surface area (Å²) in [7, 11) is 3.00. The van der Waals surface area contributed by atoms with Crippen LogP contribution in [-0.4, -0.2) is 37.3 Å². The molecule has 2 rings (SSSR count). The monoisotopic (exact) mass is 260 g/mol. The number of hydrogen-bond donors (Lipinski definition) is 0. The van der Waals surface area contributed by atoms with Gasteiger partial charge in [-0.3, -0.25) is 14.5 Å². The molecule has 1 heterocycles. The SMILES string of the molecule is C=C(c1cccc(OC)c1OC)N1C=NC(=O)C1=O. The largest absolute Gasteiger partial charge is 0.493 e. The van der Waals surface area contributed by atoms with E-state index in [4.69, 9.17) is 9.47 Å². The fraction of sp³-hybridized carbons (Fsp3) is 0.154. The molecule has 0 aliphatic carbocycles. The molecule has 19 heavy (non-hydrogen) atoms. The topological polar surface area (TPSA) is 68.2 Å². The number of nitrogens with zero attached hydrogens (tertiary/aromatic N) is 2. The summed E-state index contributed by atoms with van der Waals surface area (Å²) in [5.41, 5.74) is 0.853. The molecular weight excluding hydrogens is 248 g/mol. The molecule has 1 aliphatic rings. The number of methoxy groups -OCH3 is 2. The van der Waals surface area contributed by atoms with E-state index in [2.05, 4.69) is 11.6 Å². The van der Waals surface area contributed by atoms with Gasteiger partial charge in [0.05, 0.1) is 19.9 Å². The molecule has 1 aromatic carbocycles. The number of hydrogen-bond acceptors (Lipinski definition) is 4. The molecule has 0 saturated carbocycles. The van der Waals surface area contributed by atoms with Crippen molar-refractivity contribution in [3.8, 4) is 11.5 Å². The molecule has 0 fully saturated rings. The zero-order chi connectivity index (χ0) is 14.0. The molecule has 0 unspecified atom stereocenters. The van der Waals surface area contributed by atoms with E-state index in [0.29, 0.717) is 22.8 Å². The quantitative estimate of drug-likeness (QED) is 0.759. The smallest absolute Gasteiger partial charge is 0.337 e. The Balaban J connectivity index is 2.42. The number of benzene rings is 1. The lowest BCUT2D eigenvalue weighted by Gasteiger charge is -2.18. The molecule has 0 N–H and O–H groups in total. The second kappa shape index (κ2) is 4.93. The van der Waals surface area contributed by atoms with Gasteiger partial charge in [0.2, 0.25) is 0 Å². The first-order valence-electron chi connectivity index (χ1n) is 5.42. The highest BCUT2D eigenvalue weighted by atomic mass is 16.5. The van der Waals surface area contributed by atoms with Crippen molar-refractivity contribution in [2.45, 2.75) is 0 Å². The van der Waals surface area contributed by atoms with Gasteiger partial charge >= 0.3 is 11.8 Å². The lowest BCUT2D eigenvalue weighted by Crippen LogP contribution is -2.26. The summed E-state index contributed by atoms with van der Waals surface area (Å²) >= 11 is 0. The zero-order valence-electron chi connectivity index (χ0n) is 10.5. The molecule has 1 aliphatic heterocycles. The molecule has 0 radical (unpaired) electrons. The lowest BCUT2D eigenvalue weighted by atomic mass is 10.1. The zero-order valence-corrected chi connectivity index (χ0v) is 10.5. The molecule has 0 aromatic heterocycles. The molecule has 0 atom stereocenters. The number of carbonyl (C=O) groups excluding carboxylic acids is 2. The molecule has 0 saturated heterocycles. The Morgan fingerprint density at radius 2 is 2.00 bits per heavy atom. The van der Waals surface area contributed by atoms with Crippen molar-refractivity contribution in [1.29, 1.82) is 0 Å². The average Bonchev–Trinajstić information content (AvgIpc) is 2.77. The van der Waals surface area contributed by atoms with Crippen molar-refractivity contribution in [2.24, 2.45) is 4.99 Å². The molecule has 0 bridgehead atoms. The van der Waals surface area contributed by atoms with Gasteiger partial charge in [0.25, 0.3) is 0 Å². The van der Waals surface area contributed by atoms with Crippen LogP contribution in [0.2, 0.25) is 0 Å². The van der Waals surface area contributed by atoms with Crippen molar-refractivity contribution in [3.63, 3.8) is 0 Å². The van der Waals surface area contributed by atoms with Gasteiger partial charge in [0.1, 0.15) is 6.34 Å². The maximum atomic E-state index is 11.6. The first-order chi connectivity index (χ1) is 9.10. The van der Waals surface area contributed by atoms with Crippen molar-refractivity contribution < 1.29 is 19.1 Å². The van der Waals surface area contributed by atoms with Gasteiger partial charge in [0.15, 0.2) is 11.5 Å². The summed E-state index contributed by atoms with van der Waals surface area (Å²) in [6.07, 6.45) is 1.14. The molecule has 2 amide bonds. The normalized spacial score (nSPS) is 13.9. The van der Waals surface area contributed by atoms with E-state index in [-0.39, 0.29) is 0 Å². The van der Waals surface area contributed by atoms with Crippen LogP contribution >= 0.6 is 0 Å². The minimum atomic E-state index is -0.817. The van der Waals surface area contributed by atoms with Gasteiger partial charge < -0.3 is 9.47 Å². The van der Waals surface area contributed by atoms with E-state index in [0.717, 1.165) is 11.2 Å². The molecule has 0 spiro atoms. The summed E-state index contributed by atoms with van der Waals surface area (Å²) in [6.45, 7) is 3.80. The Morgan fingerprint density at radius 1 is 1.26 bits per heavy atom. The van der Waals surface area contributed by atoms with Crippen LogP contribution in [0.5, 0.6) is 11.5 Å². The minimum absolute atomic E-state index is 0.301. The molecular formula is C13H12N2O4. The van der Waals surface area contributed by atoms with Gasteiger partial charge in [-0.25, -0.2) is 0 Å². The fourth-order valence-electron chi connectivity index (χ4n) is 1.76. The summed E-state index contributed by atoms with van der Waals surface area (Å²) in [5.74, 6) is -0.607. The number of para-hydroxylation sites is 1. The van der Waals surface area contributed by atoms with Crippen LogP contribution < -0.4 is 9.47 Å². The Bertz CT molecular complexity index is 592. The minimum Gasteiger partial charge on any atom is -0.493 e. The Morgan fingerprint density at radius 3 is 2.53 bits per heavy atom. The van der Waals surface area contributed by atoms with Crippen LogP contribution in [0.3, 0.4) is 0 Å². The van der Waals surface area contributed by atoms with Crippen LogP contribution in [0.1, 0.15) is 5.56 Å². The maximum Gasteiger partial charge on any atom is 0.337 e. The Hall–Kier alpha value is -2.63. The summed E-state index contributed by atoms with van der Waals surface area (Å²) in [6, 6.07) is 5.18. The molecule has 6 heteroatoms. The standard InChI is InChI=1S/C13H12N2O4/c1-8(15-7-14-12(16)13(15)17)9-5-4-6-10(18-2)11(9)19-3/h4-7H,1H2,2-3H3. The van der Waals surface area contributed by atoms with Crippen molar-refractivity contribution in [2.75, 3.05) is 14.2 Å². The van der Waals surface area contributed by atoms with Gasteiger partial charge in [-0.1, -0.05) is 12.6 Å². The van der Waals surface area contributed by atoms with E-state index in [1.54, 1.807) is 18.2 Å². The van der Waals surface area contributed by atoms with Gasteiger partial charge in [-0.2, -0.15) is 4.99 Å². The van der Waals surface area contributed by atoms with Crippen molar-refractivity contribution >= 4 is 23.8 Å². The van der Waals surface area contributed by atoms with E-state index >= 15 is 0 Å². The third kappa shape index (κ3) is 2.08. The summed E-state index contributed by atoms with van der Waals surface area (Å²) in [5, 5.41) is 0. The van der Waals surface area contributed by atoms with Crippen LogP contribution in [0, 0.1) is 0 Å². The number of aliphatic imine (C=N–C) groups is 1. The van der Waals surface area contributed by atoms with Crippen molar-refractivity contribution in [3.05, 3.63) is 30.3 Å². The van der Waals surface area contributed by atoms with E-state index < -0.39 is 11.8 Å². The highest BCUT2D eigenvalue weighted by molar-refractivity contribution is 6.43. The third-order valence-electron chi connectivity index (χ3n) is 2.70. The van der Waals surface area contributed by atoms with E-state index in [1.807, 2.05) is 0 Å². The van der Waals surface area contributed by atoms with Gasteiger partial charge in [-0.05, 0) is 12.1 Å².